The number of aryl methyl sites for hydroxylation is 2. The Balaban J connectivity index is 1.62. The van der Waals surface area contributed by atoms with Gasteiger partial charge < -0.3 is 5.73 Å². The quantitative estimate of drug-likeness (QED) is 0.679. The molecule has 1 amide bonds. The maximum atomic E-state index is 13.3. The van der Waals surface area contributed by atoms with Gasteiger partial charge in [-0.05, 0) is 64.4 Å². The molecule has 4 rings (SSSR count). The zero-order chi connectivity index (χ0) is 22.1. The SMILES string of the molecule is Cc1nc(C2CCCCN2Cc2c(C)nn(-c3ccc(F)cc3)c2C)ncc1C(N)=O. The summed E-state index contributed by atoms with van der Waals surface area (Å²) in [6.45, 7) is 7.50. The summed E-state index contributed by atoms with van der Waals surface area (Å²) in [7, 11) is 0. The van der Waals surface area contributed by atoms with Gasteiger partial charge in [-0.25, -0.2) is 19.0 Å². The summed E-state index contributed by atoms with van der Waals surface area (Å²) >= 11 is 0. The number of hydrogen-bond donors (Lipinski definition) is 1. The van der Waals surface area contributed by atoms with Crippen molar-refractivity contribution in [3.8, 4) is 5.69 Å². The van der Waals surface area contributed by atoms with Crippen molar-refractivity contribution in [3.63, 3.8) is 0 Å². The number of benzene rings is 1. The first-order valence-corrected chi connectivity index (χ1v) is 10.5. The average Bonchev–Trinajstić information content (AvgIpc) is 3.02. The van der Waals surface area contributed by atoms with Crippen molar-refractivity contribution in [1.29, 1.82) is 0 Å². The van der Waals surface area contributed by atoms with E-state index in [4.69, 9.17) is 10.8 Å². The van der Waals surface area contributed by atoms with Crippen molar-refractivity contribution in [2.45, 2.75) is 52.6 Å². The molecule has 1 aliphatic rings. The first kappa shape index (κ1) is 21.1. The van der Waals surface area contributed by atoms with Crippen molar-refractivity contribution in [2.75, 3.05) is 6.54 Å². The van der Waals surface area contributed by atoms with Gasteiger partial charge in [0.15, 0.2) is 0 Å². The van der Waals surface area contributed by atoms with E-state index in [9.17, 15) is 9.18 Å². The molecule has 2 N–H and O–H groups in total. The molecule has 1 aliphatic heterocycles. The minimum atomic E-state index is -0.510. The molecule has 8 heteroatoms. The molecule has 31 heavy (non-hydrogen) atoms. The molecule has 162 valence electrons. The summed E-state index contributed by atoms with van der Waals surface area (Å²) in [6.07, 6.45) is 4.71. The van der Waals surface area contributed by atoms with E-state index in [1.807, 2.05) is 18.5 Å². The lowest BCUT2D eigenvalue weighted by atomic mass is 9.99. The van der Waals surface area contributed by atoms with Crippen LogP contribution in [0.4, 0.5) is 4.39 Å². The van der Waals surface area contributed by atoms with Crippen molar-refractivity contribution < 1.29 is 9.18 Å². The van der Waals surface area contributed by atoms with Gasteiger partial charge in [-0.3, -0.25) is 9.69 Å². The Kier molecular flexibility index (Phi) is 5.82. The largest absolute Gasteiger partial charge is 0.365 e. The molecule has 0 aliphatic carbocycles. The fourth-order valence-electron chi connectivity index (χ4n) is 4.30. The predicted molar refractivity (Wildman–Crippen MR) is 115 cm³/mol. The molecular weight excluding hydrogens is 395 g/mol. The second-order valence-electron chi connectivity index (χ2n) is 8.11. The smallest absolute Gasteiger partial charge is 0.252 e. The van der Waals surface area contributed by atoms with Crippen LogP contribution >= 0.6 is 0 Å². The van der Waals surface area contributed by atoms with E-state index in [0.29, 0.717) is 11.3 Å². The second kappa shape index (κ2) is 8.55. The average molecular weight is 423 g/mol. The van der Waals surface area contributed by atoms with Crippen LogP contribution in [0.15, 0.2) is 30.5 Å². The van der Waals surface area contributed by atoms with Crippen molar-refractivity contribution in [3.05, 3.63) is 70.3 Å². The van der Waals surface area contributed by atoms with Crippen LogP contribution in [0.3, 0.4) is 0 Å². The molecule has 0 saturated carbocycles. The third-order valence-electron chi connectivity index (χ3n) is 6.05. The van der Waals surface area contributed by atoms with Gasteiger partial charge in [0.2, 0.25) is 0 Å². The molecule has 1 aromatic carbocycles. The Bertz CT molecular complexity index is 1110. The van der Waals surface area contributed by atoms with E-state index in [-0.39, 0.29) is 11.9 Å². The van der Waals surface area contributed by atoms with Gasteiger partial charge in [-0.2, -0.15) is 5.10 Å². The number of hydrogen-bond acceptors (Lipinski definition) is 5. The monoisotopic (exact) mass is 422 g/mol. The number of piperidine rings is 1. The van der Waals surface area contributed by atoms with Crippen LogP contribution in [0.5, 0.6) is 0 Å². The molecule has 0 bridgehead atoms. The molecule has 0 radical (unpaired) electrons. The van der Waals surface area contributed by atoms with E-state index in [0.717, 1.165) is 60.8 Å². The highest BCUT2D eigenvalue weighted by Crippen LogP contribution is 2.32. The molecule has 7 nitrogen and oxygen atoms in total. The van der Waals surface area contributed by atoms with E-state index >= 15 is 0 Å². The summed E-state index contributed by atoms with van der Waals surface area (Å²) in [6, 6.07) is 6.43. The second-order valence-corrected chi connectivity index (χ2v) is 8.11. The highest BCUT2D eigenvalue weighted by Gasteiger charge is 2.28. The number of rotatable bonds is 5. The summed E-state index contributed by atoms with van der Waals surface area (Å²) in [5.41, 5.74) is 10.4. The number of nitrogens with two attached hydrogens (primary N) is 1. The van der Waals surface area contributed by atoms with Crippen molar-refractivity contribution >= 4 is 5.91 Å². The minimum Gasteiger partial charge on any atom is -0.365 e. The zero-order valence-electron chi connectivity index (χ0n) is 18.1. The highest BCUT2D eigenvalue weighted by atomic mass is 19.1. The normalized spacial score (nSPS) is 17.1. The lowest BCUT2D eigenvalue weighted by Crippen LogP contribution is -2.34. The zero-order valence-corrected chi connectivity index (χ0v) is 18.1. The van der Waals surface area contributed by atoms with E-state index in [2.05, 4.69) is 14.9 Å². The maximum Gasteiger partial charge on any atom is 0.252 e. The number of halogens is 1. The van der Waals surface area contributed by atoms with Crippen molar-refractivity contribution in [2.24, 2.45) is 5.73 Å². The fourth-order valence-corrected chi connectivity index (χ4v) is 4.30. The Morgan fingerprint density at radius 1 is 1.16 bits per heavy atom. The fraction of sp³-hybridized carbons (Fsp3) is 0.391. The Morgan fingerprint density at radius 2 is 1.90 bits per heavy atom. The maximum absolute atomic E-state index is 13.3. The van der Waals surface area contributed by atoms with Crippen LogP contribution < -0.4 is 5.73 Å². The van der Waals surface area contributed by atoms with Crippen molar-refractivity contribution in [1.82, 2.24) is 24.6 Å². The minimum absolute atomic E-state index is 0.0716. The molecule has 0 spiro atoms. The van der Waals surface area contributed by atoms with E-state index in [1.54, 1.807) is 19.1 Å². The summed E-state index contributed by atoms with van der Waals surface area (Å²) < 4.78 is 15.2. The predicted octanol–water partition coefficient (Wildman–Crippen LogP) is 3.55. The van der Waals surface area contributed by atoms with Gasteiger partial charge in [0.1, 0.15) is 11.6 Å². The topological polar surface area (TPSA) is 89.9 Å². The number of carbonyl (C=O) groups excluding carboxylic acids is 1. The number of aromatic nitrogens is 4. The third kappa shape index (κ3) is 4.20. The Labute approximate surface area is 181 Å². The molecule has 1 saturated heterocycles. The Hall–Kier alpha value is -3.13. The summed E-state index contributed by atoms with van der Waals surface area (Å²) in [5.74, 6) is -0.0493. The number of primary amides is 1. The number of carbonyl (C=O) groups is 1. The van der Waals surface area contributed by atoms with Crippen LogP contribution in [0.25, 0.3) is 5.69 Å². The molecule has 1 atom stereocenters. The molecule has 1 fully saturated rings. The Morgan fingerprint density at radius 3 is 2.58 bits per heavy atom. The third-order valence-corrected chi connectivity index (χ3v) is 6.05. The number of nitrogens with zero attached hydrogens (tertiary/aromatic N) is 5. The lowest BCUT2D eigenvalue weighted by molar-refractivity contribution is 0.0998. The van der Waals surface area contributed by atoms with Gasteiger partial charge in [0.05, 0.1) is 28.7 Å². The lowest BCUT2D eigenvalue weighted by Gasteiger charge is -2.35. The van der Waals surface area contributed by atoms with Gasteiger partial charge in [-0.15, -0.1) is 0 Å². The summed E-state index contributed by atoms with van der Waals surface area (Å²) in [5, 5.41) is 4.70. The van der Waals surface area contributed by atoms with Crippen LogP contribution in [-0.2, 0) is 6.54 Å². The van der Waals surface area contributed by atoms with E-state index in [1.165, 1.54) is 18.3 Å². The molecule has 1 unspecified atom stereocenters. The molecule has 2 aromatic heterocycles. The standard InChI is InChI=1S/C23H27FN6O/c1-14-19(22(25)31)12-26-23(27-14)21-6-4-5-11-29(21)13-20-15(2)28-30(16(20)3)18-9-7-17(24)8-10-18/h7-10,12,21H,4-6,11,13H2,1-3H3,(H2,25,31). The van der Waals surface area contributed by atoms with E-state index < -0.39 is 5.91 Å². The van der Waals surface area contributed by atoms with Gasteiger partial charge in [0, 0.05) is 24.0 Å². The van der Waals surface area contributed by atoms with Crippen LogP contribution in [0, 0.1) is 26.6 Å². The highest BCUT2D eigenvalue weighted by molar-refractivity contribution is 5.93. The van der Waals surface area contributed by atoms with Crippen LogP contribution in [0.1, 0.15) is 64.1 Å². The van der Waals surface area contributed by atoms with Gasteiger partial charge in [0.25, 0.3) is 5.91 Å². The molecular formula is C23H27FN6O. The molecule has 3 aromatic rings. The molecule has 3 heterocycles. The van der Waals surface area contributed by atoms with Crippen LogP contribution in [0.2, 0.25) is 0 Å². The first-order chi connectivity index (χ1) is 14.8. The summed E-state index contributed by atoms with van der Waals surface area (Å²) in [4.78, 5) is 23.0. The number of likely N-dealkylation sites (tertiary alicyclic amines) is 1. The van der Waals surface area contributed by atoms with Gasteiger partial charge >= 0.3 is 0 Å². The van der Waals surface area contributed by atoms with Crippen LogP contribution in [-0.4, -0.2) is 37.1 Å². The van der Waals surface area contributed by atoms with Gasteiger partial charge in [-0.1, -0.05) is 6.42 Å². The first-order valence-electron chi connectivity index (χ1n) is 10.5. The number of amides is 1.